The molecule has 25 heavy (non-hydrogen) atoms. The Labute approximate surface area is 153 Å². The van der Waals surface area contributed by atoms with Gasteiger partial charge < -0.3 is 15.7 Å². The Morgan fingerprint density at radius 1 is 1.04 bits per heavy atom. The van der Waals surface area contributed by atoms with E-state index in [-0.39, 0.29) is 16.9 Å². The van der Waals surface area contributed by atoms with Gasteiger partial charge in [0.05, 0.1) is 0 Å². The molecule has 6 nitrogen and oxygen atoms in total. The number of carbonyl (C=O) groups is 2. The van der Waals surface area contributed by atoms with Gasteiger partial charge in [-0.05, 0) is 53.5 Å². The van der Waals surface area contributed by atoms with Crippen LogP contribution in [0, 0.1) is 5.41 Å². The van der Waals surface area contributed by atoms with Crippen molar-refractivity contribution in [1.82, 2.24) is 9.80 Å². The first-order valence-corrected chi connectivity index (χ1v) is 9.32. The van der Waals surface area contributed by atoms with E-state index in [1.165, 1.54) is 0 Å². The Kier molecular flexibility index (Phi) is 9.66. The average Bonchev–Trinajstić information content (AvgIpc) is 2.51. The quantitative estimate of drug-likeness (QED) is 0.555. The van der Waals surface area contributed by atoms with E-state index in [4.69, 9.17) is 10.8 Å². The second-order valence-electron chi connectivity index (χ2n) is 8.56. The summed E-state index contributed by atoms with van der Waals surface area (Å²) in [4.78, 5) is 27.8. The highest BCUT2D eigenvalue weighted by atomic mass is 16.4. The molecule has 1 amide bonds. The second-order valence-corrected chi connectivity index (χ2v) is 8.56. The molecule has 148 valence electrons. The number of aliphatic carboxylic acids is 1. The van der Waals surface area contributed by atoms with Crippen molar-refractivity contribution >= 4 is 11.9 Å². The number of carboxylic acids is 1. The van der Waals surface area contributed by atoms with Gasteiger partial charge in [-0.3, -0.25) is 14.5 Å². The highest BCUT2D eigenvalue weighted by molar-refractivity contribution is 5.81. The fourth-order valence-corrected chi connectivity index (χ4v) is 2.29. The van der Waals surface area contributed by atoms with Gasteiger partial charge in [-0.2, -0.15) is 0 Å². The molecule has 3 N–H and O–H groups in total. The van der Waals surface area contributed by atoms with Crippen molar-refractivity contribution in [3.63, 3.8) is 0 Å². The van der Waals surface area contributed by atoms with Gasteiger partial charge in [0.25, 0.3) is 0 Å². The Balaban J connectivity index is 4.74. The molecule has 0 aliphatic rings. The van der Waals surface area contributed by atoms with E-state index in [9.17, 15) is 9.59 Å². The largest absolute Gasteiger partial charge is 0.480 e. The third-order valence-corrected chi connectivity index (χ3v) is 5.11. The molecular weight excluding hydrogens is 318 g/mol. The topological polar surface area (TPSA) is 86.9 Å². The fraction of sp³-hybridized carbons (Fsp3) is 0.895. The lowest BCUT2D eigenvalue weighted by molar-refractivity contribution is -0.141. The number of nitrogens with zero attached hydrogens (tertiary/aromatic N) is 2. The molecule has 0 aromatic heterocycles. The number of rotatable bonds is 11. The number of hydrogen-bond donors (Lipinski definition) is 2. The van der Waals surface area contributed by atoms with E-state index >= 15 is 0 Å². The molecule has 0 bridgehead atoms. The van der Waals surface area contributed by atoms with Crippen molar-refractivity contribution in [2.75, 3.05) is 26.7 Å². The van der Waals surface area contributed by atoms with Gasteiger partial charge in [-0.25, -0.2) is 0 Å². The first-order valence-electron chi connectivity index (χ1n) is 9.32. The molecule has 0 saturated heterocycles. The van der Waals surface area contributed by atoms with Gasteiger partial charge in [0.15, 0.2) is 0 Å². The molecule has 1 atom stereocenters. The van der Waals surface area contributed by atoms with Gasteiger partial charge in [-0.15, -0.1) is 0 Å². The third kappa shape index (κ3) is 8.68. The molecule has 0 radical (unpaired) electrons. The summed E-state index contributed by atoms with van der Waals surface area (Å²) >= 11 is 0. The van der Waals surface area contributed by atoms with E-state index in [0.717, 1.165) is 19.4 Å². The number of amides is 1. The summed E-state index contributed by atoms with van der Waals surface area (Å²) < 4.78 is 0. The summed E-state index contributed by atoms with van der Waals surface area (Å²) in [6.07, 6.45) is 2.71. The number of carboxylic acid groups (broad SMARTS) is 1. The summed E-state index contributed by atoms with van der Waals surface area (Å²) in [5, 5.41) is 8.84. The highest BCUT2D eigenvalue weighted by Gasteiger charge is 2.30. The summed E-state index contributed by atoms with van der Waals surface area (Å²) in [6, 6.07) is -0.816. The van der Waals surface area contributed by atoms with Crippen LogP contribution in [0.4, 0.5) is 0 Å². The first-order chi connectivity index (χ1) is 11.3. The molecule has 0 spiro atoms. The van der Waals surface area contributed by atoms with Crippen LogP contribution in [-0.2, 0) is 9.59 Å². The standard InChI is InChI=1S/C19H39N3O3/c1-8-19(5,6)17(25)22(14-13-21(7)18(2,3)4)12-10-9-11-15(20)16(23)24/h15H,8-14,20H2,1-7H3,(H,23,24)/t15-/m0/s1. The van der Waals surface area contributed by atoms with Crippen LogP contribution in [0.5, 0.6) is 0 Å². The lowest BCUT2D eigenvalue weighted by Gasteiger charge is -2.36. The molecule has 0 fully saturated rings. The number of unbranched alkanes of at least 4 members (excludes halogenated alkanes) is 1. The fourth-order valence-electron chi connectivity index (χ4n) is 2.29. The zero-order valence-corrected chi connectivity index (χ0v) is 17.3. The van der Waals surface area contributed by atoms with Crippen LogP contribution < -0.4 is 5.73 Å². The predicted octanol–water partition coefficient (Wildman–Crippen LogP) is 2.56. The Hall–Kier alpha value is -1.14. The maximum atomic E-state index is 12.9. The Bertz CT molecular complexity index is 430. The van der Waals surface area contributed by atoms with E-state index in [1.807, 2.05) is 25.7 Å². The molecule has 0 aromatic carbocycles. The van der Waals surface area contributed by atoms with Crippen molar-refractivity contribution in [2.45, 2.75) is 78.8 Å². The Morgan fingerprint density at radius 3 is 2.04 bits per heavy atom. The van der Waals surface area contributed by atoms with Crippen molar-refractivity contribution < 1.29 is 14.7 Å². The monoisotopic (exact) mass is 357 g/mol. The summed E-state index contributed by atoms with van der Waals surface area (Å²) in [6.45, 7) is 14.6. The van der Waals surface area contributed by atoms with E-state index in [1.54, 1.807) is 0 Å². The zero-order valence-electron chi connectivity index (χ0n) is 17.3. The summed E-state index contributed by atoms with van der Waals surface area (Å²) in [5.74, 6) is -0.799. The Morgan fingerprint density at radius 2 is 1.60 bits per heavy atom. The minimum atomic E-state index is -0.966. The lowest BCUT2D eigenvalue weighted by Crippen LogP contribution is -2.47. The van der Waals surface area contributed by atoms with E-state index < -0.39 is 12.0 Å². The molecule has 0 aliphatic heterocycles. The van der Waals surface area contributed by atoms with Crippen molar-refractivity contribution in [2.24, 2.45) is 11.1 Å². The molecule has 0 unspecified atom stereocenters. The van der Waals surface area contributed by atoms with Gasteiger partial charge in [-0.1, -0.05) is 20.8 Å². The van der Waals surface area contributed by atoms with Crippen molar-refractivity contribution in [3.05, 3.63) is 0 Å². The molecule has 0 saturated carbocycles. The number of likely N-dealkylation sites (N-methyl/N-ethyl adjacent to an activating group) is 1. The number of carbonyl (C=O) groups excluding carboxylic acids is 1. The third-order valence-electron chi connectivity index (χ3n) is 5.11. The van der Waals surface area contributed by atoms with E-state index in [0.29, 0.717) is 25.9 Å². The maximum absolute atomic E-state index is 12.9. The average molecular weight is 358 g/mol. The van der Waals surface area contributed by atoms with E-state index in [2.05, 4.69) is 32.7 Å². The van der Waals surface area contributed by atoms with Gasteiger partial charge in [0, 0.05) is 30.6 Å². The highest BCUT2D eigenvalue weighted by Crippen LogP contribution is 2.23. The molecular formula is C19H39N3O3. The molecule has 0 aromatic rings. The summed E-state index contributed by atoms with van der Waals surface area (Å²) in [7, 11) is 2.07. The van der Waals surface area contributed by atoms with Crippen molar-refractivity contribution in [1.29, 1.82) is 0 Å². The van der Waals surface area contributed by atoms with Crippen LogP contribution in [0.1, 0.15) is 67.2 Å². The van der Waals surface area contributed by atoms with Gasteiger partial charge in [0.1, 0.15) is 6.04 Å². The number of nitrogens with two attached hydrogens (primary N) is 1. The predicted molar refractivity (Wildman–Crippen MR) is 102 cm³/mol. The first kappa shape index (κ1) is 23.9. The zero-order chi connectivity index (χ0) is 19.8. The second kappa shape index (κ2) is 10.1. The summed E-state index contributed by atoms with van der Waals surface area (Å²) in [5.41, 5.74) is 5.23. The molecule has 0 heterocycles. The minimum Gasteiger partial charge on any atom is -0.480 e. The maximum Gasteiger partial charge on any atom is 0.320 e. The van der Waals surface area contributed by atoms with Gasteiger partial charge >= 0.3 is 5.97 Å². The van der Waals surface area contributed by atoms with Crippen LogP contribution in [0.15, 0.2) is 0 Å². The van der Waals surface area contributed by atoms with Crippen LogP contribution in [-0.4, -0.2) is 65.0 Å². The molecule has 6 heteroatoms. The normalized spacial score (nSPS) is 13.8. The van der Waals surface area contributed by atoms with Crippen LogP contribution in [0.25, 0.3) is 0 Å². The SMILES string of the molecule is CCC(C)(C)C(=O)N(CCCC[C@H](N)C(=O)O)CCN(C)C(C)(C)C. The van der Waals surface area contributed by atoms with Crippen molar-refractivity contribution in [3.8, 4) is 0 Å². The van der Waals surface area contributed by atoms with Crippen LogP contribution >= 0.6 is 0 Å². The minimum absolute atomic E-state index is 0.0588. The number of hydrogen-bond acceptors (Lipinski definition) is 4. The smallest absolute Gasteiger partial charge is 0.320 e. The van der Waals surface area contributed by atoms with Crippen LogP contribution in [0.2, 0.25) is 0 Å². The molecule has 0 rings (SSSR count). The molecule has 0 aliphatic carbocycles. The van der Waals surface area contributed by atoms with Gasteiger partial charge in [0.2, 0.25) is 5.91 Å². The lowest BCUT2D eigenvalue weighted by atomic mass is 9.88. The van der Waals surface area contributed by atoms with Crippen LogP contribution in [0.3, 0.4) is 0 Å².